The number of phenols is 1. The van der Waals surface area contributed by atoms with Crippen LogP contribution in [0.2, 0.25) is 5.02 Å². The molecule has 2 aromatic rings. The van der Waals surface area contributed by atoms with E-state index in [-0.39, 0.29) is 10.8 Å². The van der Waals surface area contributed by atoms with Crippen molar-refractivity contribution in [1.29, 1.82) is 10.5 Å². The van der Waals surface area contributed by atoms with Crippen molar-refractivity contribution >= 4 is 34.3 Å². The molecule has 1 N–H and O–H groups in total. The largest absolute Gasteiger partial charge is 0.506 e. The Bertz CT molecular complexity index is 932. The number of aromatic hydroxyl groups is 1. The second-order valence-corrected chi connectivity index (χ2v) is 6.75. The number of nitrogens with zero attached hydrogens (tertiary/aromatic N) is 3. The summed E-state index contributed by atoms with van der Waals surface area (Å²) in [5.41, 5.74) is 2.42. The maximum absolute atomic E-state index is 9.75. The minimum atomic E-state index is -0.552. The minimum Gasteiger partial charge on any atom is -0.506 e. The molecule has 2 unspecified atom stereocenters. The lowest BCUT2D eigenvalue weighted by molar-refractivity contribution is 0.475. The molecule has 4 nitrogen and oxygen atoms in total. The Kier molecular flexibility index (Phi) is 4.40. The average Bonchev–Trinajstić information content (AvgIpc) is 3.10. The number of phenolic OH excluding ortho intramolecular Hbond substituents is 1. The predicted molar refractivity (Wildman–Crippen MR) is 94.9 cm³/mol. The first-order valence-corrected chi connectivity index (χ1v) is 8.44. The molecule has 3 rings (SSSR count). The van der Waals surface area contributed by atoms with Crippen LogP contribution in [0.4, 0.5) is 0 Å². The lowest BCUT2D eigenvalue weighted by Crippen LogP contribution is -2.24. The topological polar surface area (TPSA) is 80.2 Å². The van der Waals surface area contributed by atoms with Gasteiger partial charge in [0.05, 0.1) is 39.2 Å². The Morgan fingerprint density at radius 2 is 2.08 bits per heavy atom. The SMILES string of the molecule is CC1=NC(c2cccs2)=C(C#N)C(c2ccc(O)c(Cl)c2)C1C#N. The van der Waals surface area contributed by atoms with Crippen LogP contribution in [0.1, 0.15) is 23.3 Å². The van der Waals surface area contributed by atoms with E-state index in [0.717, 1.165) is 4.88 Å². The van der Waals surface area contributed by atoms with Gasteiger partial charge in [-0.3, -0.25) is 4.99 Å². The molecule has 1 aliphatic heterocycles. The second kappa shape index (κ2) is 6.49. The Labute approximate surface area is 148 Å². The highest BCUT2D eigenvalue weighted by atomic mass is 35.5. The van der Waals surface area contributed by atoms with Crippen molar-refractivity contribution in [2.24, 2.45) is 10.9 Å². The zero-order chi connectivity index (χ0) is 17.3. The van der Waals surface area contributed by atoms with Gasteiger partial charge in [0.2, 0.25) is 0 Å². The van der Waals surface area contributed by atoms with Gasteiger partial charge in [0.25, 0.3) is 0 Å². The van der Waals surface area contributed by atoms with Crippen molar-refractivity contribution in [2.45, 2.75) is 12.8 Å². The molecule has 2 heterocycles. The minimum absolute atomic E-state index is 0.0314. The van der Waals surface area contributed by atoms with Crippen molar-refractivity contribution < 1.29 is 5.11 Å². The van der Waals surface area contributed by atoms with E-state index in [4.69, 9.17) is 11.6 Å². The third-order valence-corrected chi connectivity index (χ3v) is 5.16. The lowest BCUT2D eigenvalue weighted by atomic mass is 9.76. The van der Waals surface area contributed by atoms with Crippen LogP contribution >= 0.6 is 22.9 Å². The van der Waals surface area contributed by atoms with E-state index in [9.17, 15) is 15.6 Å². The normalized spacial score (nSPS) is 20.2. The number of rotatable bonds is 2. The van der Waals surface area contributed by atoms with Gasteiger partial charge in [-0.25, -0.2) is 0 Å². The first-order chi connectivity index (χ1) is 11.6. The van der Waals surface area contributed by atoms with Gasteiger partial charge in [-0.05, 0) is 36.1 Å². The second-order valence-electron chi connectivity index (χ2n) is 5.40. The summed E-state index contributed by atoms with van der Waals surface area (Å²) in [4.78, 5) is 5.41. The van der Waals surface area contributed by atoms with Gasteiger partial charge in [-0.15, -0.1) is 11.3 Å². The Morgan fingerprint density at radius 1 is 1.29 bits per heavy atom. The van der Waals surface area contributed by atoms with E-state index in [2.05, 4.69) is 17.1 Å². The highest BCUT2D eigenvalue weighted by molar-refractivity contribution is 7.11. The summed E-state index contributed by atoms with van der Waals surface area (Å²) in [7, 11) is 0. The standard InChI is InChI=1S/C18H12ClN3OS/c1-10-12(8-20)17(11-4-5-15(23)14(19)7-11)13(9-21)18(22-10)16-3-2-6-24-16/h2-7,12,17,23H,1H3. The maximum Gasteiger partial charge on any atom is 0.134 e. The number of hydrogen-bond acceptors (Lipinski definition) is 5. The molecule has 1 aromatic heterocycles. The van der Waals surface area contributed by atoms with Gasteiger partial charge in [0, 0.05) is 11.6 Å². The van der Waals surface area contributed by atoms with Crippen molar-refractivity contribution in [3.05, 3.63) is 56.7 Å². The number of allylic oxidation sites excluding steroid dienone is 1. The third kappa shape index (κ3) is 2.69. The number of aliphatic imine (C=N–C) groups is 1. The van der Waals surface area contributed by atoms with Crippen molar-refractivity contribution in [1.82, 2.24) is 0 Å². The molecule has 0 amide bonds. The van der Waals surface area contributed by atoms with Crippen LogP contribution in [0.25, 0.3) is 5.70 Å². The number of benzene rings is 1. The quantitative estimate of drug-likeness (QED) is 0.846. The van der Waals surface area contributed by atoms with Crippen molar-refractivity contribution in [3.63, 3.8) is 0 Å². The summed E-state index contributed by atoms with van der Waals surface area (Å²) in [6, 6.07) is 13.1. The first-order valence-electron chi connectivity index (χ1n) is 7.18. The van der Waals surface area contributed by atoms with E-state index < -0.39 is 11.8 Å². The monoisotopic (exact) mass is 353 g/mol. The van der Waals surface area contributed by atoms with Crippen molar-refractivity contribution in [3.8, 4) is 17.9 Å². The summed E-state index contributed by atoms with van der Waals surface area (Å²) in [5, 5.41) is 31.1. The maximum atomic E-state index is 9.75. The van der Waals surface area contributed by atoms with E-state index in [1.807, 2.05) is 17.5 Å². The molecule has 0 saturated carbocycles. The van der Waals surface area contributed by atoms with E-state index in [1.165, 1.54) is 17.4 Å². The van der Waals surface area contributed by atoms with Gasteiger partial charge in [0.1, 0.15) is 5.75 Å². The van der Waals surface area contributed by atoms with Gasteiger partial charge >= 0.3 is 0 Å². The van der Waals surface area contributed by atoms with E-state index in [1.54, 1.807) is 19.1 Å². The molecule has 24 heavy (non-hydrogen) atoms. The van der Waals surface area contributed by atoms with Gasteiger partial charge in [-0.1, -0.05) is 23.7 Å². The van der Waals surface area contributed by atoms with Crippen LogP contribution < -0.4 is 0 Å². The summed E-state index contributed by atoms with van der Waals surface area (Å²) in [5.74, 6) is -1.05. The van der Waals surface area contributed by atoms with Crippen LogP contribution in [-0.2, 0) is 0 Å². The summed E-state index contributed by atoms with van der Waals surface area (Å²) in [6.45, 7) is 1.80. The number of hydrogen-bond donors (Lipinski definition) is 1. The van der Waals surface area contributed by atoms with Crippen LogP contribution in [-0.4, -0.2) is 10.8 Å². The molecule has 0 spiro atoms. The van der Waals surface area contributed by atoms with Crippen molar-refractivity contribution in [2.75, 3.05) is 0 Å². The van der Waals surface area contributed by atoms with Crippen LogP contribution in [0.15, 0.2) is 46.3 Å². The smallest absolute Gasteiger partial charge is 0.134 e. The van der Waals surface area contributed by atoms with Gasteiger partial charge in [0.15, 0.2) is 0 Å². The third-order valence-electron chi connectivity index (χ3n) is 3.98. The summed E-state index contributed by atoms with van der Waals surface area (Å²) < 4.78 is 0. The summed E-state index contributed by atoms with van der Waals surface area (Å²) >= 11 is 7.52. The van der Waals surface area contributed by atoms with E-state index in [0.29, 0.717) is 22.5 Å². The molecular weight excluding hydrogens is 342 g/mol. The summed E-state index contributed by atoms with van der Waals surface area (Å²) in [6.07, 6.45) is 0. The molecule has 0 saturated heterocycles. The average molecular weight is 354 g/mol. The zero-order valence-corrected chi connectivity index (χ0v) is 14.3. The fourth-order valence-corrected chi connectivity index (χ4v) is 3.75. The lowest BCUT2D eigenvalue weighted by Gasteiger charge is -2.27. The van der Waals surface area contributed by atoms with E-state index >= 15 is 0 Å². The molecule has 0 bridgehead atoms. The zero-order valence-electron chi connectivity index (χ0n) is 12.7. The molecule has 118 valence electrons. The van der Waals surface area contributed by atoms with Gasteiger partial charge < -0.3 is 5.11 Å². The van der Waals surface area contributed by atoms with Crippen LogP contribution in [0.5, 0.6) is 5.75 Å². The molecule has 1 aromatic carbocycles. The fraction of sp³-hybridized carbons (Fsp3) is 0.167. The molecule has 0 radical (unpaired) electrons. The molecular formula is C18H12ClN3OS. The molecule has 0 aliphatic carbocycles. The van der Waals surface area contributed by atoms with Gasteiger partial charge in [-0.2, -0.15) is 10.5 Å². The highest BCUT2D eigenvalue weighted by Crippen LogP contribution is 2.43. The van der Waals surface area contributed by atoms with Crippen LogP contribution in [0.3, 0.4) is 0 Å². The number of nitriles is 2. The Balaban J connectivity index is 2.24. The number of halogens is 1. The predicted octanol–water partition coefficient (Wildman–Crippen LogP) is 4.74. The molecule has 2 atom stereocenters. The molecule has 0 fully saturated rings. The molecule has 6 heteroatoms. The Morgan fingerprint density at radius 3 is 2.67 bits per heavy atom. The number of thiophene rings is 1. The van der Waals surface area contributed by atoms with Crippen LogP contribution in [0, 0.1) is 28.6 Å². The molecule has 1 aliphatic rings. The highest BCUT2D eigenvalue weighted by Gasteiger charge is 2.35. The Hall–Kier alpha value is -2.60. The fourth-order valence-electron chi connectivity index (χ4n) is 2.83. The first kappa shape index (κ1) is 16.3.